The Hall–Kier alpha value is -1.52. The van der Waals surface area contributed by atoms with Gasteiger partial charge in [-0.25, -0.2) is 0 Å². The molecule has 2 saturated carbocycles. The largest absolute Gasteiger partial charge is 0.491 e. The summed E-state index contributed by atoms with van der Waals surface area (Å²) in [5.74, 6) is 4.18. The van der Waals surface area contributed by atoms with Gasteiger partial charge in [-0.1, -0.05) is 81.8 Å². The van der Waals surface area contributed by atoms with Gasteiger partial charge < -0.3 is 9.47 Å². The highest BCUT2D eigenvalue weighted by atomic mass is 32.2. The van der Waals surface area contributed by atoms with E-state index in [-0.39, 0.29) is 0 Å². The van der Waals surface area contributed by atoms with Crippen LogP contribution in [-0.4, -0.2) is 35.2 Å². The van der Waals surface area contributed by atoms with Gasteiger partial charge in [0.15, 0.2) is 0 Å². The van der Waals surface area contributed by atoms with E-state index in [2.05, 4.69) is 72.9 Å². The van der Waals surface area contributed by atoms with E-state index < -0.39 is 0 Å². The molecule has 0 N–H and O–H groups in total. The van der Waals surface area contributed by atoms with Gasteiger partial charge in [-0.05, 0) is 43.7 Å². The van der Waals surface area contributed by atoms with Crippen molar-refractivity contribution in [1.82, 2.24) is 0 Å². The molecule has 0 unspecified atom stereocenters. The van der Waals surface area contributed by atoms with Crippen molar-refractivity contribution in [3.63, 3.8) is 0 Å². The van der Waals surface area contributed by atoms with Crippen molar-refractivity contribution in [3.8, 4) is 11.5 Å². The van der Waals surface area contributed by atoms with E-state index in [1.165, 1.54) is 91.3 Å². The highest BCUT2D eigenvalue weighted by Gasteiger charge is 2.18. The van der Waals surface area contributed by atoms with Crippen LogP contribution in [0.1, 0.15) is 76.7 Å². The van der Waals surface area contributed by atoms with Crippen LogP contribution in [0.2, 0.25) is 0 Å². The number of fused-ring (bicyclic) bond motifs is 2. The second-order valence-corrected chi connectivity index (χ2v) is 13.2. The van der Waals surface area contributed by atoms with Crippen molar-refractivity contribution in [2.75, 3.05) is 24.7 Å². The summed E-state index contributed by atoms with van der Waals surface area (Å²) in [5.41, 5.74) is 1.35. The van der Waals surface area contributed by atoms with E-state index in [0.717, 1.165) is 53.1 Å². The van der Waals surface area contributed by atoms with Crippen LogP contribution in [0, 0.1) is 0 Å². The summed E-state index contributed by atoms with van der Waals surface area (Å²) < 4.78 is 13.2. The zero-order chi connectivity index (χ0) is 24.6. The van der Waals surface area contributed by atoms with Crippen LogP contribution in [0.4, 0.5) is 0 Å². The molecule has 3 aromatic rings. The van der Waals surface area contributed by atoms with E-state index in [1.807, 2.05) is 0 Å². The Morgan fingerprint density at radius 3 is 1.67 bits per heavy atom. The Morgan fingerprint density at radius 1 is 0.639 bits per heavy atom. The Kier molecular flexibility index (Phi) is 9.66. The fourth-order valence-electron chi connectivity index (χ4n) is 5.86. The summed E-state index contributed by atoms with van der Waals surface area (Å²) in [6.45, 7) is 3.74. The number of rotatable bonds is 11. The van der Waals surface area contributed by atoms with Gasteiger partial charge in [-0.15, -0.1) is 0 Å². The summed E-state index contributed by atoms with van der Waals surface area (Å²) in [6, 6.07) is 15.5. The van der Waals surface area contributed by atoms with Crippen LogP contribution < -0.4 is 9.47 Å². The lowest BCUT2D eigenvalue weighted by Gasteiger charge is -2.22. The van der Waals surface area contributed by atoms with Crippen molar-refractivity contribution in [2.45, 2.75) is 88.1 Å². The number of hydrogen-bond donors (Lipinski definition) is 0. The predicted molar refractivity (Wildman–Crippen MR) is 160 cm³/mol. The molecule has 0 spiro atoms. The molecule has 2 aliphatic rings. The summed E-state index contributed by atoms with van der Waals surface area (Å²) in [6.07, 6.45) is 14.9. The maximum absolute atomic E-state index is 6.60. The summed E-state index contributed by atoms with van der Waals surface area (Å²) in [5, 5.41) is 6.38. The molecule has 0 aliphatic heterocycles. The number of thioether (sulfide) groups is 2. The molecule has 0 saturated heterocycles. The smallest absolute Gasteiger partial charge is 0.135 e. The van der Waals surface area contributed by atoms with Gasteiger partial charge >= 0.3 is 0 Å². The lowest BCUT2D eigenvalue weighted by Crippen LogP contribution is -2.12. The van der Waals surface area contributed by atoms with Crippen molar-refractivity contribution in [2.24, 2.45) is 0 Å². The number of hydrogen-bond acceptors (Lipinski definition) is 4. The molecule has 0 aromatic heterocycles. The zero-order valence-corrected chi connectivity index (χ0v) is 23.6. The molecule has 0 heterocycles. The molecule has 0 amide bonds. The first-order chi connectivity index (χ1) is 17.8. The third-order valence-corrected chi connectivity index (χ3v) is 10.6. The Labute approximate surface area is 226 Å². The Bertz CT molecular complexity index is 1120. The van der Waals surface area contributed by atoms with Crippen molar-refractivity contribution in [3.05, 3.63) is 48.0 Å². The molecular weight excluding hydrogens is 480 g/mol. The van der Waals surface area contributed by atoms with E-state index in [1.54, 1.807) is 0 Å². The van der Waals surface area contributed by atoms with E-state index in [0.29, 0.717) is 0 Å². The predicted octanol–water partition coefficient (Wildman–Crippen LogP) is 9.44. The molecule has 0 bridgehead atoms. The quantitative estimate of drug-likeness (QED) is 0.184. The number of aryl methyl sites for hydroxylation is 1. The third kappa shape index (κ3) is 6.48. The standard InChI is InChI=1S/C32H42O2S2/c1-2-24-17-18-29-30(23-24)32(34-20-22-36-26-13-7-4-8-14-26)28-16-10-9-15-27(28)31(29)33-19-21-35-25-11-5-3-6-12-25/h9-10,15-18,23,25-26H,2-8,11-14,19-22H2,1H3. The molecular formula is C32H42O2S2. The van der Waals surface area contributed by atoms with Gasteiger partial charge in [-0.3, -0.25) is 0 Å². The minimum absolute atomic E-state index is 0.758. The van der Waals surface area contributed by atoms with Gasteiger partial charge in [0.2, 0.25) is 0 Å². The molecule has 36 heavy (non-hydrogen) atoms. The molecule has 0 atom stereocenters. The highest BCUT2D eigenvalue weighted by molar-refractivity contribution is 8.00. The average Bonchev–Trinajstić information content (AvgIpc) is 2.94. The monoisotopic (exact) mass is 522 g/mol. The van der Waals surface area contributed by atoms with Crippen LogP contribution in [-0.2, 0) is 6.42 Å². The van der Waals surface area contributed by atoms with Gasteiger partial charge in [0.25, 0.3) is 0 Å². The lowest BCUT2D eigenvalue weighted by atomic mass is 9.98. The van der Waals surface area contributed by atoms with Gasteiger partial charge in [0.05, 0.1) is 13.2 Å². The minimum atomic E-state index is 0.758. The average molecular weight is 523 g/mol. The summed E-state index contributed by atoms with van der Waals surface area (Å²) >= 11 is 4.22. The van der Waals surface area contributed by atoms with Crippen molar-refractivity contribution >= 4 is 45.1 Å². The molecule has 2 fully saturated rings. The minimum Gasteiger partial charge on any atom is -0.491 e. The van der Waals surface area contributed by atoms with E-state index in [4.69, 9.17) is 9.47 Å². The molecule has 194 valence electrons. The first kappa shape index (κ1) is 26.1. The summed E-state index contributed by atoms with van der Waals surface area (Å²) in [4.78, 5) is 0. The first-order valence-corrected chi connectivity index (χ1v) is 16.4. The van der Waals surface area contributed by atoms with Gasteiger partial charge in [0.1, 0.15) is 11.5 Å². The van der Waals surface area contributed by atoms with Crippen LogP contribution in [0.5, 0.6) is 11.5 Å². The van der Waals surface area contributed by atoms with Crippen LogP contribution in [0.25, 0.3) is 21.5 Å². The fraction of sp³-hybridized carbons (Fsp3) is 0.562. The topological polar surface area (TPSA) is 18.5 Å². The van der Waals surface area contributed by atoms with Gasteiger partial charge in [-0.2, -0.15) is 23.5 Å². The first-order valence-electron chi connectivity index (χ1n) is 14.3. The summed E-state index contributed by atoms with van der Waals surface area (Å²) in [7, 11) is 0. The van der Waals surface area contributed by atoms with Crippen LogP contribution in [0.15, 0.2) is 42.5 Å². The maximum Gasteiger partial charge on any atom is 0.135 e. The van der Waals surface area contributed by atoms with Crippen LogP contribution >= 0.6 is 23.5 Å². The molecule has 2 nitrogen and oxygen atoms in total. The number of ether oxygens (including phenoxy) is 2. The second kappa shape index (κ2) is 13.3. The molecule has 2 aliphatic carbocycles. The Morgan fingerprint density at radius 2 is 1.14 bits per heavy atom. The fourth-order valence-corrected chi connectivity index (χ4v) is 8.22. The van der Waals surface area contributed by atoms with Crippen molar-refractivity contribution < 1.29 is 9.47 Å². The normalized spacial score (nSPS) is 17.6. The molecule has 0 radical (unpaired) electrons. The molecule has 5 rings (SSSR count). The van der Waals surface area contributed by atoms with Crippen molar-refractivity contribution in [1.29, 1.82) is 0 Å². The second-order valence-electron chi connectivity index (χ2n) is 10.4. The SMILES string of the molecule is CCc1ccc2c(OCCSC3CCCCC3)c3ccccc3c(OCCSC3CCCCC3)c2c1. The molecule has 4 heteroatoms. The Balaban J connectivity index is 1.36. The lowest BCUT2D eigenvalue weighted by molar-refractivity contribution is 0.345. The van der Waals surface area contributed by atoms with Crippen LogP contribution in [0.3, 0.4) is 0 Å². The maximum atomic E-state index is 6.60. The van der Waals surface area contributed by atoms with E-state index >= 15 is 0 Å². The highest BCUT2D eigenvalue weighted by Crippen LogP contribution is 2.43. The number of benzene rings is 3. The zero-order valence-electron chi connectivity index (χ0n) is 21.9. The third-order valence-electron chi connectivity index (χ3n) is 7.87. The van der Waals surface area contributed by atoms with Gasteiger partial charge in [0, 0.05) is 43.6 Å². The van der Waals surface area contributed by atoms with E-state index in [9.17, 15) is 0 Å². The molecule has 3 aromatic carbocycles.